The topological polar surface area (TPSA) is 83.6 Å². The molecule has 0 radical (unpaired) electrons. The third kappa shape index (κ3) is 4.52. The molecule has 0 spiro atoms. The van der Waals surface area contributed by atoms with Crippen molar-refractivity contribution in [2.24, 2.45) is 0 Å². The van der Waals surface area contributed by atoms with Crippen molar-refractivity contribution in [3.63, 3.8) is 0 Å². The van der Waals surface area contributed by atoms with Crippen LogP contribution >= 0.6 is 0 Å². The fraction of sp³-hybridized carbons (Fsp3) is 0.591. The van der Waals surface area contributed by atoms with Crippen LogP contribution in [0.4, 0.5) is 5.69 Å². The Morgan fingerprint density at radius 3 is 2.57 bits per heavy atom. The average Bonchev–Trinajstić information content (AvgIpc) is 3.19. The van der Waals surface area contributed by atoms with Gasteiger partial charge in [0.25, 0.3) is 0 Å². The zero-order valence-electron chi connectivity index (χ0n) is 18.1. The molecule has 1 aliphatic heterocycles. The summed E-state index contributed by atoms with van der Waals surface area (Å²) in [6.07, 6.45) is 4.02. The molecule has 1 saturated heterocycles. The van der Waals surface area contributed by atoms with Gasteiger partial charge >= 0.3 is 0 Å². The summed E-state index contributed by atoms with van der Waals surface area (Å²) in [5, 5.41) is 7.07. The van der Waals surface area contributed by atoms with Gasteiger partial charge in [0.15, 0.2) is 17.3 Å². The van der Waals surface area contributed by atoms with Gasteiger partial charge in [-0.1, -0.05) is 13.8 Å². The molecule has 1 amide bonds. The van der Waals surface area contributed by atoms with Gasteiger partial charge in [0.1, 0.15) is 5.82 Å². The maximum atomic E-state index is 12.7. The standard InChI is InChI=1S/C22H31N5O3/c1-15(2)22-23-20(24-25-22)14-21(28)27-11-9-26(10-12-27)16-7-8-18(29-3)19(13-16)30-17-5-4-6-17/h7-8,13,15,17H,4-6,9-12,14H2,1-3H3,(H,23,24,25). The highest BCUT2D eigenvalue weighted by Crippen LogP contribution is 2.35. The van der Waals surface area contributed by atoms with Crippen LogP contribution in [0, 0.1) is 0 Å². The van der Waals surface area contributed by atoms with E-state index in [2.05, 4.69) is 32.2 Å². The molecule has 8 nitrogen and oxygen atoms in total. The number of rotatable bonds is 7. The van der Waals surface area contributed by atoms with Gasteiger partial charge in [-0.25, -0.2) is 4.98 Å². The minimum atomic E-state index is 0.0878. The third-order valence-electron chi connectivity index (χ3n) is 5.87. The van der Waals surface area contributed by atoms with Gasteiger partial charge in [-0.15, -0.1) is 0 Å². The maximum Gasteiger partial charge on any atom is 0.230 e. The zero-order chi connectivity index (χ0) is 21.1. The molecule has 30 heavy (non-hydrogen) atoms. The summed E-state index contributed by atoms with van der Waals surface area (Å²) in [5.41, 5.74) is 1.11. The van der Waals surface area contributed by atoms with Crippen molar-refractivity contribution in [2.75, 3.05) is 38.2 Å². The number of carbonyl (C=O) groups excluding carboxylic acids is 1. The number of methoxy groups -OCH3 is 1. The van der Waals surface area contributed by atoms with Crippen LogP contribution < -0.4 is 14.4 Å². The summed E-state index contributed by atoms with van der Waals surface area (Å²) in [6.45, 7) is 7.03. The molecule has 1 N–H and O–H groups in total. The second-order valence-corrected chi connectivity index (χ2v) is 8.35. The largest absolute Gasteiger partial charge is 0.493 e. The second kappa shape index (κ2) is 8.93. The SMILES string of the molecule is COc1ccc(N2CCN(C(=O)Cc3nc(C(C)C)n[nH]3)CC2)cc1OC1CCC1. The van der Waals surface area contributed by atoms with Gasteiger partial charge in [0.05, 0.1) is 19.6 Å². The van der Waals surface area contributed by atoms with Crippen LogP contribution in [0.2, 0.25) is 0 Å². The normalized spacial score (nSPS) is 17.2. The van der Waals surface area contributed by atoms with Gasteiger partial charge in [0.2, 0.25) is 5.91 Å². The highest BCUT2D eigenvalue weighted by atomic mass is 16.5. The summed E-state index contributed by atoms with van der Waals surface area (Å²) in [7, 11) is 1.67. The molecule has 2 aromatic rings. The average molecular weight is 414 g/mol. The number of hydrogen-bond donors (Lipinski definition) is 1. The van der Waals surface area contributed by atoms with Gasteiger partial charge in [0, 0.05) is 43.9 Å². The first-order valence-corrected chi connectivity index (χ1v) is 10.8. The van der Waals surface area contributed by atoms with Crippen molar-refractivity contribution in [1.29, 1.82) is 0 Å². The molecule has 8 heteroatoms. The van der Waals surface area contributed by atoms with E-state index in [-0.39, 0.29) is 18.2 Å². The Morgan fingerprint density at radius 2 is 1.97 bits per heavy atom. The lowest BCUT2D eigenvalue weighted by Crippen LogP contribution is -2.49. The number of piperazine rings is 1. The van der Waals surface area contributed by atoms with Crippen molar-refractivity contribution in [3.8, 4) is 11.5 Å². The highest BCUT2D eigenvalue weighted by Gasteiger charge is 2.25. The first-order valence-electron chi connectivity index (χ1n) is 10.8. The lowest BCUT2D eigenvalue weighted by Gasteiger charge is -2.36. The van der Waals surface area contributed by atoms with Crippen LogP contribution in [0.5, 0.6) is 11.5 Å². The van der Waals surface area contributed by atoms with Gasteiger partial charge in [-0.05, 0) is 31.4 Å². The van der Waals surface area contributed by atoms with Crippen molar-refractivity contribution >= 4 is 11.6 Å². The van der Waals surface area contributed by atoms with Gasteiger partial charge < -0.3 is 19.3 Å². The molecule has 0 unspecified atom stereocenters. The number of aromatic nitrogens is 3. The number of amides is 1. The fourth-order valence-electron chi connectivity index (χ4n) is 3.74. The summed E-state index contributed by atoms with van der Waals surface area (Å²) in [6, 6.07) is 6.10. The fourth-order valence-corrected chi connectivity index (χ4v) is 3.74. The van der Waals surface area contributed by atoms with E-state index in [9.17, 15) is 4.79 Å². The van der Waals surface area contributed by atoms with E-state index >= 15 is 0 Å². The molecule has 1 aliphatic carbocycles. The van der Waals surface area contributed by atoms with Crippen LogP contribution in [-0.4, -0.2) is 65.4 Å². The first kappa shape index (κ1) is 20.5. The van der Waals surface area contributed by atoms with Crippen molar-refractivity contribution < 1.29 is 14.3 Å². The zero-order valence-corrected chi connectivity index (χ0v) is 18.1. The third-order valence-corrected chi connectivity index (χ3v) is 5.87. The predicted octanol–water partition coefficient (Wildman–Crippen LogP) is 2.76. The summed E-state index contributed by atoms with van der Waals surface area (Å²) in [5.74, 6) is 3.30. The molecular formula is C22H31N5O3. The number of hydrogen-bond acceptors (Lipinski definition) is 6. The van der Waals surface area contributed by atoms with Crippen LogP contribution in [0.3, 0.4) is 0 Å². The Bertz CT molecular complexity index is 869. The smallest absolute Gasteiger partial charge is 0.230 e. The van der Waals surface area contributed by atoms with E-state index in [1.807, 2.05) is 24.8 Å². The number of carbonyl (C=O) groups is 1. The Morgan fingerprint density at radius 1 is 1.20 bits per heavy atom. The number of benzene rings is 1. The van der Waals surface area contributed by atoms with Crippen LogP contribution in [0.15, 0.2) is 18.2 Å². The van der Waals surface area contributed by atoms with Crippen LogP contribution in [0.25, 0.3) is 0 Å². The van der Waals surface area contributed by atoms with E-state index in [0.29, 0.717) is 25.0 Å². The van der Waals surface area contributed by atoms with Crippen molar-refractivity contribution in [2.45, 2.75) is 51.6 Å². The minimum Gasteiger partial charge on any atom is -0.493 e. The molecule has 1 aromatic carbocycles. The number of nitrogens with zero attached hydrogens (tertiary/aromatic N) is 4. The van der Waals surface area contributed by atoms with Crippen molar-refractivity contribution in [1.82, 2.24) is 20.1 Å². The van der Waals surface area contributed by atoms with E-state index in [1.165, 1.54) is 6.42 Å². The Kier molecular flexibility index (Phi) is 6.11. The number of anilines is 1. The molecule has 1 saturated carbocycles. The summed E-state index contributed by atoms with van der Waals surface area (Å²) < 4.78 is 11.6. The van der Waals surface area contributed by atoms with Crippen LogP contribution in [0.1, 0.15) is 50.7 Å². The second-order valence-electron chi connectivity index (χ2n) is 8.35. The predicted molar refractivity (Wildman–Crippen MR) is 114 cm³/mol. The maximum absolute atomic E-state index is 12.7. The van der Waals surface area contributed by atoms with Crippen LogP contribution in [-0.2, 0) is 11.2 Å². The Labute approximate surface area is 177 Å². The molecule has 2 aliphatic rings. The molecule has 162 valence electrons. The lowest BCUT2D eigenvalue weighted by molar-refractivity contribution is -0.130. The highest BCUT2D eigenvalue weighted by molar-refractivity contribution is 5.78. The molecule has 1 aromatic heterocycles. The van der Waals surface area contributed by atoms with E-state index in [0.717, 1.165) is 48.9 Å². The quantitative estimate of drug-likeness (QED) is 0.752. The Balaban J connectivity index is 1.34. The van der Waals surface area contributed by atoms with Gasteiger partial charge in [-0.3, -0.25) is 9.89 Å². The first-order chi connectivity index (χ1) is 14.5. The molecule has 2 fully saturated rings. The Hall–Kier alpha value is -2.77. The molecule has 0 atom stereocenters. The molecule has 2 heterocycles. The summed E-state index contributed by atoms with van der Waals surface area (Å²) >= 11 is 0. The summed E-state index contributed by atoms with van der Waals surface area (Å²) in [4.78, 5) is 21.3. The molecule has 4 rings (SSSR count). The number of nitrogens with one attached hydrogen (secondary N) is 1. The van der Waals surface area contributed by atoms with Crippen molar-refractivity contribution in [3.05, 3.63) is 29.8 Å². The molecule has 0 bridgehead atoms. The minimum absolute atomic E-state index is 0.0878. The number of ether oxygens (including phenoxy) is 2. The van der Waals surface area contributed by atoms with Gasteiger partial charge in [-0.2, -0.15) is 5.10 Å². The number of aromatic amines is 1. The molecular weight excluding hydrogens is 382 g/mol. The lowest BCUT2D eigenvalue weighted by atomic mass is 9.96. The van der Waals surface area contributed by atoms with E-state index in [4.69, 9.17) is 9.47 Å². The number of H-pyrrole nitrogens is 1. The van der Waals surface area contributed by atoms with E-state index < -0.39 is 0 Å². The monoisotopic (exact) mass is 413 g/mol. The van der Waals surface area contributed by atoms with E-state index in [1.54, 1.807) is 7.11 Å².